The third-order valence-electron chi connectivity index (χ3n) is 5.24. The molecule has 0 radical (unpaired) electrons. The van der Waals surface area contributed by atoms with Crippen molar-refractivity contribution in [1.82, 2.24) is 0 Å². The second-order valence-electron chi connectivity index (χ2n) is 7.01. The van der Waals surface area contributed by atoms with Crippen LogP contribution in [0.15, 0.2) is 102 Å². The van der Waals surface area contributed by atoms with Crippen LogP contribution in [0, 0.1) is 0 Å². The molecule has 140 valence electrons. The average Bonchev–Trinajstić information content (AvgIpc) is 3.40. The van der Waals surface area contributed by atoms with Crippen molar-refractivity contribution in [1.29, 1.82) is 0 Å². The van der Waals surface area contributed by atoms with Gasteiger partial charge in [-0.05, 0) is 40.3 Å². The van der Waals surface area contributed by atoms with Gasteiger partial charge in [0.25, 0.3) is 0 Å². The van der Waals surface area contributed by atoms with Gasteiger partial charge in [-0.25, -0.2) is 0 Å². The molecule has 0 saturated heterocycles. The van der Waals surface area contributed by atoms with E-state index < -0.39 is 0 Å². The molecule has 0 fully saturated rings. The fraction of sp³-hybridized carbons (Fsp3) is 0.0385. The third kappa shape index (κ3) is 3.20. The normalized spacial score (nSPS) is 17.1. The Bertz CT molecular complexity index is 1180. The number of Topliss-reactive ketones (excluding diaryl/α,β-unsaturated/α-hetero) is 1. The lowest BCUT2D eigenvalue weighted by molar-refractivity contribution is -0.113. The summed E-state index contributed by atoms with van der Waals surface area (Å²) in [5, 5.41) is 5.58. The van der Waals surface area contributed by atoms with E-state index in [0.29, 0.717) is 0 Å². The van der Waals surface area contributed by atoms with Crippen LogP contribution in [0.25, 0.3) is 11.3 Å². The summed E-state index contributed by atoms with van der Waals surface area (Å²) in [5.41, 5.74) is 5.73. The monoisotopic (exact) mass is 393 g/mol. The van der Waals surface area contributed by atoms with Gasteiger partial charge in [0.15, 0.2) is 5.78 Å². The number of para-hydroxylation sites is 1. The summed E-state index contributed by atoms with van der Waals surface area (Å²) in [6.45, 7) is 0. The molecule has 3 heteroatoms. The Morgan fingerprint density at radius 2 is 1.45 bits per heavy atom. The highest BCUT2D eigenvalue weighted by Gasteiger charge is 2.38. The number of anilines is 1. The van der Waals surface area contributed by atoms with E-state index in [4.69, 9.17) is 0 Å². The van der Waals surface area contributed by atoms with Crippen LogP contribution in [0.1, 0.15) is 27.5 Å². The Balaban J connectivity index is 1.73. The predicted octanol–water partition coefficient (Wildman–Crippen LogP) is 6.44. The number of allylic oxidation sites excluding steroid dienone is 1. The number of benzene rings is 3. The van der Waals surface area contributed by atoms with Gasteiger partial charge in [0.1, 0.15) is 0 Å². The van der Waals surface area contributed by atoms with E-state index in [2.05, 4.69) is 23.5 Å². The molecule has 2 nitrogen and oxygen atoms in total. The van der Waals surface area contributed by atoms with Gasteiger partial charge in [0.05, 0.1) is 22.1 Å². The Morgan fingerprint density at radius 1 is 0.759 bits per heavy atom. The van der Waals surface area contributed by atoms with Crippen molar-refractivity contribution >= 4 is 34.1 Å². The Morgan fingerprint density at radius 3 is 2.17 bits per heavy atom. The molecule has 1 aromatic heterocycles. The van der Waals surface area contributed by atoms with Gasteiger partial charge < -0.3 is 5.32 Å². The number of rotatable bonds is 4. The van der Waals surface area contributed by atoms with Gasteiger partial charge in [-0.15, -0.1) is 11.3 Å². The lowest BCUT2D eigenvalue weighted by Gasteiger charge is -2.14. The van der Waals surface area contributed by atoms with Gasteiger partial charge in [-0.1, -0.05) is 78.9 Å². The zero-order valence-electron chi connectivity index (χ0n) is 15.7. The van der Waals surface area contributed by atoms with Gasteiger partial charge in [-0.2, -0.15) is 0 Å². The molecule has 0 bridgehead atoms. The van der Waals surface area contributed by atoms with E-state index in [-0.39, 0.29) is 11.7 Å². The van der Waals surface area contributed by atoms with Gasteiger partial charge in [0.2, 0.25) is 0 Å². The van der Waals surface area contributed by atoms with Crippen LogP contribution in [0.2, 0.25) is 0 Å². The van der Waals surface area contributed by atoms with Gasteiger partial charge >= 0.3 is 0 Å². The molecule has 0 aliphatic heterocycles. The highest BCUT2D eigenvalue weighted by atomic mass is 32.1. The largest absolute Gasteiger partial charge is 0.354 e. The number of fused-ring (bicyclic) bond motifs is 1. The maximum Gasteiger partial charge on any atom is 0.177 e. The van der Waals surface area contributed by atoms with Crippen LogP contribution in [0.5, 0.6) is 0 Å². The number of carbonyl (C=O) groups excluding carboxylic acids is 1. The zero-order chi connectivity index (χ0) is 19.6. The van der Waals surface area contributed by atoms with Crippen LogP contribution < -0.4 is 5.32 Å². The fourth-order valence-electron chi connectivity index (χ4n) is 3.96. The van der Waals surface area contributed by atoms with E-state index in [1.54, 1.807) is 11.3 Å². The van der Waals surface area contributed by atoms with Crippen molar-refractivity contribution in [2.75, 3.05) is 5.32 Å². The second-order valence-corrected chi connectivity index (χ2v) is 7.96. The van der Waals surface area contributed by atoms with Crippen molar-refractivity contribution < 1.29 is 4.79 Å². The van der Waals surface area contributed by atoms with E-state index in [0.717, 1.165) is 38.5 Å². The first-order chi connectivity index (χ1) is 14.3. The highest BCUT2D eigenvalue weighted by Crippen LogP contribution is 2.45. The predicted molar refractivity (Wildman–Crippen MR) is 121 cm³/mol. The number of thiophene rings is 1. The average molecular weight is 394 g/mol. The molecule has 1 heterocycles. The minimum atomic E-state index is -0.269. The molecule has 1 aliphatic rings. The molecule has 4 aromatic rings. The fourth-order valence-corrected chi connectivity index (χ4v) is 4.69. The van der Waals surface area contributed by atoms with Crippen LogP contribution in [-0.2, 0) is 4.79 Å². The lowest BCUT2D eigenvalue weighted by Crippen LogP contribution is -2.10. The maximum atomic E-state index is 13.8. The SMILES string of the molecule is O=C1C(=C(Nc2ccccc2)c2cccs2)c2ccccc2C1c1ccccc1. The first-order valence-electron chi connectivity index (χ1n) is 9.61. The topological polar surface area (TPSA) is 29.1 Å². The van der Waals surface area contributed by atoms with Crippen LogP contribution in [0.3, 0.4) is 0 Å². The minimum Gasteiger partial charge on any atom is -0.354 e. The molecular weight excluding hydrogens is 374 g/mol. The minimum absolute atomic E-state index is 0.143. The van der Waals surface area contributed by atoms with Crippen molar-refractivity contribution in [3.05, 3.63) is 124 Å². The third-order valence-corrected chi connectivity index (χ3v) is 6.13. The lowest BCUT2D eigenvalue weighted by atomic mass is 9.92. The number of carbonyl (C=O) groups is 1. The first-order valence-corrected chi connectivity index (χ1v) is 10.5. The summed E-state index contributed by atoms with van der Waals surface area (Å²) in [6, 6.07) is 32.3. The molecule has 5 rings (SSSR count). The summed E-state index contributed by atoms with van der Waals surface area (Å²) in [6.07, 6.45) is 0. The van der Waals surface area contributed by atoms with Crippen molar-refractivity contribution in [2.24, 2.45) is 0 Å². The number of nitrogens with one attached hydrogen (secondary N) is 1. The van der Waals surface area contributed by atoms with E-state index in [9.17, 15) is 4.79 Å². The highest BCUT2D eigenvalue weighted by molar-refractivity contribution is 7.11. The van der Waals surface area contributed by atoms with E-state index in [1.165, 1.54) is 0 Å². The van der Waals surface area contributed by atoms with Crippen LogP contribution in [-0.4, -0.2) is 5.78 Å². The Hall–Kier alpha value is -3.43. The summed E-state index contributed by atoms with van der Waals surface area (Å²) < 4.78 is 0. The van der Waals surface area contributed by atoms with Gasteiger partial charge in [-0.3, -0.25) is 4.79 Å². The van der Waals surface area contributed by atoms with Crippen LogP contribution >= 0.6 is 11.3 Å². The van der Waals surface area contributed by atoms with E-state index in [1.807, 2.05) is 84.2 Å². The molecule has 1 aliphatic carbocycles. The Labute approximate surface area is 174 Å². The van der Waals surface area contributed by atoms with Crippen molar-refractivity contribution in [3.8, 4) is 0 Å². The standard InChI is InChI=1S/C26H19NOS/c28-26-23(18-10-3-1-4-11-18)20-14-7-8-15-21(20)24(26)25(22-16-9-17-29-22)27-19-12-5-2-6-13-19/h1-17,23,27H. The molecule has 0 saturated carbocycles. The van der Waals surface area contributed by atoms with Crippen molar-refractivity contribution in [2.45, 2.75) is 5.92 Å². The summed E-state index contributed by atoms with van der Waals surface area (Å²) in [7, 11) is 0. The zero-order valence-corrected chi connectivity index (χ0v) is 16.5. The quantitative estimate of drug-likeness (QED) is 0.404. The first kappa shape index (κ1) is 17.7. The smallest absolute Gasteiger partial charge is 0.177 e. The molecule has 1 N–H and O–H groups in total. The Kier molecular flexibility index (Phi) is 4.59. The number of ketones is 1. The summed E-state index contributed by atoms with van der Waals surface area (Å²) in [5.74, 6) is -0.126. The molecule has 0 spiro atoms. The van der Waals surface area contributed by atoms with E-state index >= 15 is 0 Å². The van der Waals surface area contributed by atoms with Crippen LogP contribution in [0.4, 0.5) is 5.69 Å². The molecule has 3 aromatic carbocycles. The number of hydrogen-bond acceptors (Lipinski definition) is 3. The molecule has 1 atom stereocenters. The molecule has 29 heavy (non-hydrogen) atoms. The molecule has 1 unspecified atom stereocenters. The molecule has 0 amide bonds. The summed E-state index contributed by atoms with van der Waals surface area (Å²) in [4.78, 5) is 14.9. The second kappa shape index (κ2) is 7.53. The maximum absolute atomic E-state index is 13.8. The van der Waals surface area contributed by atoms with Crippen molar-refractivity contribution in [3.63, 3.8) is 0 Å². The van der Waals surface area contributed by atoms with Gasteiger partial charge in [0, 0.05) is 5.69 Å². The number of hydrogen-bond donors (Lipinski definition) is 1. The summed E-state index contributed by atoms with van der Waals surface area (Å²) >= 11 is 1.64. The molecular formula is C26H19NOS.